The molecule has 0 spiro atoms. The van der Waals surface area contributed by atoms with E-state index in [9.17, 15) is 19.5 Å². The first-order chi connectivity index (χ1) is 39.6. The monoisotopic (exact) mass is 1130 g/mol. The van der Waals surface area contributed by atoms with Crippen molar-refractivity contribution in [1.82, 2.24) is 0 Å². The van der Waals surface area contributed by atoms with Crippen molar-refractivity contribution in [3.63, 3.8) is 0 Å². The Balaban J connectivity index is 4.17. The van der Waals surface area contributed by atoms with Crippen LogP contribution in [0, 0.1) is 0 Å². The van der Waals surface area contributed by atoms with Gasteiger partial charge in [0.05, 0.1) is 40.3 Å². The van der Waals surface area contributed by atoms with Crippen molar-refractivity contribution in [2.75, 3.05) is 47.5 Å². The minimum Gasteiger partial charge on any atom is -0.545 e. The van der Waals surface area contributed by atoms with Gasteiger partial charge in [0.2, 0.25) is 0 Å². The molecule has 0 fully saturated rings. The molecular weight excluding hydrogens is 1010 g/mol. The van der Waals surface area contributed by atoms with Crippen LogP contribution < -0.4 is 5.11 Å². The number of carboxylic acids is 1. The Labute approximate surface area is 499 Å². The van der Waals surface area contributed by atoms with Gasteiger partial charge in [0, 0.05) is 12.8 Å². The molecule has 2 atom stereocenters. The second kappa shape index (κ2) is 62.3. The lowest BCUT2D eigenvalue weighted by atomic mass is 10.0. The van der Waals surface area contributed by atoms with Gasteiger partial charge in [0.1, 0.15) is 13.2 Å². The number of hydrogen-bond acceptors (Lipinski definition) is 8. The number of nitrogens with zero attached hydrogens (tertiary/aromatic N) is 1. The van der Waals surface area contributed by atoms with Crippen LogP contribution in [0.15, 0.2) is 97.2 Å². The summed E-state index contributed by atoms with van der Waals surface area (Å²) in [5.41, 5.74) is 0. The van der Waals surface area contributed by atoms with Crippen molar-refractivity contribution < 1.29 is 42.9 Å². The van der Waals surface area contributed by atoms with Gasteiger partial charge in [-0.1, -0.05) is 272 Å². The number of aliphatic carboxylic acids is 1. The molecule has 0 aliphatic rings. The van der Waals surface area contributed by atoms with E-state index in [1.54, 1.807) is 0 Å². The van der Waals surface area contributed by atoms with Crippen LogP contribution in [0.1, 0.15) is 284 Å². The van der Waals surface area contributed by atoms with E-state index in [1.807, 2.05) is 21.1 Å². The molecule has 81 heavy (non-hydrogen) atoms. The highest BCUT2D eigenvalue weighted by atomic mass is 16.7. The van der Waals surface area contributed by atoms with E-state index in [4.69, 9.17) is 18.9 Å². The third-order valence-corrected chi connectivity index (χ3v) is 14.3. The van der Waals surface area contributed by atoms with Crippen molar-refractivity contribution in [2.24, 2.45) is 0 Å². The van der Waals surface area contributed by atoms with E-state index in [1.165, 1.54) is 167 Å². The van der Waals surface area contributed by atoms with Crippen molar-refractivity contribution in [3.8, 4) is 0 Å². The number of allylic oxidation sites excluding steroid dienone is 16. The van der Waals surface area contributed by atoms with Crippen LogP contribution in [0.4, 0.5) is 0 Å². The van der Waals surface area contributed by atoms with E-state index in [0.717, 1.165) is 83.5 Å². The van der Waals surface area contributed by atoms with E-state index >= 15 is 0 Å². The first-order valence-electron chi connectivity index (χ1n) is 33.4. The summed E-state index contributed by atoms with van der Waals surface area (Å²) in [5.74, 6) is -2.28. The predicted molar refractivity (Wildman–Crippen MR) is 343 cm³/mol. The Kier molecular flexibility index (Phi) is 59.3. The van der Waals surface area contributed by atoms with Gasteiger partial charge in [-0.2, -0.15) is 0 Å². The Morgan fingerprint density at radius 1 is 0.383 bits per heavy atom. The standard InChI is InChI=1S/C72H125NO8/c1-6-8-10-12-14-16-18-20-22-24-26-28-30-32-33-34-35-36-37-39-41-43-45-47-49-51-53-55-57-59-61-63-70(75)81-68(67-80-72(71(76)77)78-65-64-73(3,4)5)66-79-69(74)62-60-58-56-54-52-50-48-46-44-42-40-38-31-29-27-25-23-21-19-17-15-13-11-9-7-2/h8,10,14,16,19-22,25-28,32-33,35-36,68,72H,6-7,9,11-13,15,17-18,23-24,29-31,34,37-67H2,1-5H3/b10-8-,16-14-,21-19-,22-20-,27-25-,28-26-,33-32-,36-35-. The summed E-state index contributed by atoms with van der Waals surface area (Å²) >= 11 is 0. The van der Waals surface area contributed by atoms with Gasteiger partial charge in [0.15, 0.2) is 12.4 Å². The van der Waals surface area contributed by atoms with Crippen LogP contribution in [0.3, 0.4) is 0 Å². The molecule has 0 aromatic heterocycles. The molecular formula is C72H125NO8. The fraction of sp³-hybridized carbons (Fsp3) is 0.736. The van der Waals surface area contributed by atoms with Crippen LogP contribution in [-0.2, 0) is 33.3 Å². The van der Waals surface area contributed by atoms with Gasteiger partial charge in [-0.25, -0.2) is 0 Å². The summed E-state index contributed by atoms with van der Waals surface area (Å²) in [6, 6.07) is 0. The molecule has 2 unspecified atom stereocenters. The van der Waals surface area contributed by atoms with Gasteiger partial charge in [-0.15, -0.1) is 0 Å². The quantitative estimate of drug-likeness (QED) is 0.0195. The van der Waals surface area contributed by atoms with Crippen molar-refractivity contribution in [1.29, 1.82) is 0 Å². The fourth-order valence-electron chi connectivity index (χ4n) is 9.22. The van der Waals surface area contributed by atoms with E-state index in [0.29, 0.717) is 17.4 Å². The number of quaternary nitrogens is 1. The first-order valence-corrected chi connectivity index (χ1v) is 33.4. The second-order valence-corrected chi connectivity index (χ2v) is 23.4. The summed E-state index contributed by atoms with van der Waals surface area (Å²) in [5, 5.41) is 11.8. The topological polar surface area (TPSA) is 111 Å². The van der Waals surface area contributed by atoms with Crippen LogP contribution in [0.5, 0.6) is 0 Å². The van der Waals surface area contributed by atoms with Crippen molar-refractivity contribution in [2.45, 2.75) is 296 Å². The number of carbonyl (C=O) groups is 3. The van der Waals surface area contributed by atoms with Gasteiger partial charge >= 0.3 is 11.9 Å². The number of unbranched alkanes of at least 4 members (excludes halogenated alkanes) is 30. The number of ether oxygens (including phenoxy) is 4. The molecule has 0 saturated heterocycles. The average Bonchev–Trinajstić information content (AvgIpc) is 3.44. The third-order valence-electron chi connectivity index (χ3n) is 14.3. The molecule has 0 radical (unpaired) electrons. The van der Waals surface area contributed by atoms with E-state index in [2.05, 4.69) is 111 Å². The Morgan fingerprint density at radius 3 is 1.05 bits per heavy atom. The van der Waals surface area contributed by atoms with Gasteiger partial charge in [-0.05, 0) is 96.3 Å². The normalized spacial score (nSPS) is 13.3. The predicted octanol–water partition coefficient (Wildman–Crippen LogP) is 19.1. The minimum atomic E-state index is -1.63. The van der Waals surface area contributed by atoms with Gasteiger partial charge in [-0.3, -0.25) is 9.59 Å². The summed E-state index contributed by atoms with van der Waals surface area (Å²) < 4.78 is 22.8. The summed E-state index contributed by atoms with van der Waals surface area (Å²) in [4.78, 5) is 37.5. The summed E-state index contributed by atoms with van der Waals surface area (Å²) in [7, 11) is 5.93. The third kappa shape index (κ3) is 63.6. The molecule has 0 rings (SSSR count). The van der Waals surface area contributed by atoms with Crippen LogP contribution in [-0.4, -0.2) is 82.3 Å². The Hall–Kier alpha value is -3.79. The zero-order valence-corrected chi connectivity index (χ0v) is 53.1. The zero-order valence-electron chi connectivity index (χ0n) is 53.1. The van der Waals surface area contributed by atoms with Crippen LogP contribution >= 0.6 is 0 Å². The molecule has 0 N–H and O–H groups in total. The number of likely N-dealkylation sites (N-methyl/N-ethyl adjacent to an activating group) is 1. The maximum atomic E-state index is 12.9. The molecule has 0 saturated carbocycles. The maximum Gasteiger partial charge on any atom is 0.306 e. The molecule has 0 bridgehead atoms. The summed E-state index contributed by atoms with van der Waals surface area (Å²) in [6.45, 7) is 4.64. The molecule has 9 nitrogen and oxygen atoms in total. The lowest BCUT2D eigenvalue weighted by Crippen LogP contribution is -2.44. The molecule has 0 aromatic carbocycles. The molecule has 0 heterocycles. The highest BCUT2D eigenvalue weighted by Gasteiger charge is 2.22. The smallest absolute Gasteiger partial charge is 0.306 e. The first kappa shape index (κ1) is 77.2. The van der Waals surface area contributed by atoms with E-state index < -0.39 is 24.3 Å². The van der Waals surface area contributed by atoms with Crippen molar-refractivity contribution >= 4 is 17.9 Å². The fourth-order valence-corrected chi connectivity index (χ4v) is 9.22. The highest BCUT2D eigenvalue weighted by Crippen LogP contribution is 2.17. The Morgan fingerprint density at radius 2 is 0.704 bits per heavy atom. The van der Waals surface area contributed by atoms with Crippen molar-refractivity contribution in [3.05, 3.63) is 97.2 Å². The second-order valence-electron chi connectivity index (χ2n) is 23.4. The lowest BCUT2D eigenvalue weighted by Gasteiger charge is -2.26. The van der Waals surface area contributed by atoms with Crippen LogP contribution in [0.25, 0.3) is 0 Å². The van der Waals surface area contributed by atoms with Gasteiger partial charge in [0.25, 0.3) is 0 Å². The number of carboxylic acid groups (broad SMARTS) is 1. The average molecular weight is 1130 g/mol. The molecule has 0 aromatic rings. The SMILES string of the molecule is CC/C=C\C/C=C\C/C=C\C/C=C\C/C=C\C/C=C\CCCCCCCCCCCCCCC(=O)OC(COC(=O)CCCCCCCCCCCCCCC/C=C\C/C=C\CCCCCCC)COC(OCC[N+](C)(C)C)C(=O)[O-]. The molecule has 0 amide bonds. The molecule has 0 aliphatic heterocycles. The van der Waals surface area contributed by atoms with E-state index in [-0.39, 0.29) is 38.6 Å². The van der Waals surface area contributed by atoms with Crippen LogP contribution in [0.2, 0.25) is 0 Å². The maximum absolute atomic E-state index is 12.9. The number of esters is 2. The number of rotatable bonds is 61. The molecule has 9 heteroatoms. The molecule has 0 aliphatic carbocycles. The lowest BCUT2D eigenvalue weighted by molar-refractivity contribution is -0.870. The highest BCUT2D eigenvalue weighted by molar-refractivity contribution is 5.70. The zero-order chi connectivity index (χ0) is 59.1. The van der Waals surface area contributed by atoms with Gasteiger partial charge < -0.3 is 33.3 Å². The number of carbonyl (C=O) groups excluding carboxylic acids is 3. The largest absolute Gasteiger partial charge is 0.545 e. The number of hydrogen-bond donors (Lipinski definition) is 0. The minimum absolute atomic E-state index is 0.144. The molecule has 466 valence electrons. The Bertz CT molecular complexity index is 1650. The summed E-state index contributed by atoms with van der Waals surface area (Å²) in [6.07, 6.45) is 81.8.